The zero-order valence-corrected chi connectivity index (χ0v) is 59.5. The van der Waals surface area contributed by atoms with Gasteiger partial charge in [-0.3, -0.25) is 4.98 Å². The lowest BCUT2D eigenvalue weighted by Gasteiger charge is -2.28. The van der Waals surface area contributed by atoms with Gasteiger partial charge in [-0.05, 0) is 158 Å². The van der Waals surface area contributed by atoms with Gasteiger partial charge in [0.25, 0.3) is 0 Å². The van der Waals surface area contributed by atoms with Gasteiger partial charge in [0.15, 0.2) is 0 Å². The summed E-state index contributed by atoms with van der Waals surface area (Å²) in [6.45, 7) is 50.6. The van der Waals surface area contributed by atoms with Crippen molar-refractivity contribution in [3.05, 3.63) is 115 Å². The average Bonchev–Trinajstić information content (AvgIpc) is 4.20. The second kappa shape index (κ2) is 86.1. The third-order valence-corrected chi connectivity index (χ3v) is 10.7. The van der Waals surface area contributed by atoms with Gasteiger partial charge in [-0.1, -0.05) is 197 Å². The van der Waals surface area contributed by atoms with Gasteiger partial charge in [-0.15, -0.1) is 0 Å². The van der Waals surface area contributed by atoms with Gasteiger partial charge in [0.05, 0.1) is 19.5 Å². The maximum Gasteiger partial charge on any atom is 0.0943 e. The number of hydrogen-bond acceptors (Lipinski definition) is 10. The summed E-state index contributed by atoms with van der Waals surface area (Å²) in [4.78, 5) is 23.6. The molecule has 2 aromatic heterocycles. The summed E-state index contributed by atoms with van der Waals surface area (Å²) in [6.07, 6.45) is 22.5. The summed E-state index contributed by atoms with van der Waals surface area (Å²) in [5.74, 6) is 0. The molecule has 488 valence electrons. The Kier molecular flexibility index (Phi) is 102. The fraction of sp³-hybridized carbons (Fsp3) is 0.718. The van der Waals surface area contributed by atoms with Crippen LogP contribution in [-0.2, 0) is 11.8 Å². The molecular formula is C71H148N10O. The number of hydrogen-bond donors (Lipinski definition) is 0. The number of pyridine rings is 1. The van der Waals surface area contributed by atoms with Crippen molar-refractivity contribution in [3.63, 3.8) is 0 Å². The predicted octanol–water partition coefficient (Wildman–Crippen LogP) is 17.5. The molecule has 0 aliphatic carbocycles. The number of piperazine rings is 1. The summed E-state index contributed by atoms with van der Waals surface area (Å²) in [7, 11) is 21.0. The Balaban J connectivity index is -0.000000101. The Morgan fingerprint density at radius 3 is 0.902 bits per heavy atom. The molecule has 82 heavy (non-hydrogen) atoms. The van der Waals surface area contributed by atoms with E-state index in [2.05, 4.69) is 173 Å². The van der Waals surface area contributed by atoms with Crippen LogP contribution in [-0.4, -0.2) is 193 Å². The number of rotatable bonds is 4. The predicted molar refractivity (Wildman–Crippen MR) is 379 cm³/mol. The van der Waals surface area contributed by atoms with Crippen LogP contribution in [0.4, 0.5) is 5.69 Å². The van der Waals surface area contributed by atoms with Crippen LogP contribution >= 0.6 is 0 Å². The summed E-state index contributed by atoms with van der Waals surface area (Å²) >= 11 is 0. The van der Waals surface area contributed by atoms with Crippen molar-refractivity contribution in [2.45, 2.75) is 189 Å². The first kappa shape index (κ1) is 97.4. The largest absolute Gasteiger partial charge is 0.379 e. The molecule has 0 saturated carbocycles. The molecular weight excluding hydrogens is 1010 g/mol. The molecule has 4 aromatic rings. The van der Waals surface area contributed by atoms with Gasteiger partial charge in [-0.25, -0.2) is 4.98 Å². The van der Waals surface area contributed by atoms with Crippen molar-refractivity contribution >= 4 is 5.69 Å². The SMILES string of the molecule is C.CC.CC.CC.CC.CCC.CCC.CCCC.CCCN(C)C.CN(C)c1ccccc1.CN1CCCC1.CN1CCCCC1.CN1CCN(C)CC1.CN1CCOCC1.Cc1ccccc1.Cc1ccncc1.Cn1ccnc1. The maximum absolute atomic E-state index is 5.10. The first-order valence-electron chi connectivity index (χ1n) is 32.1. The number of ether oxygens (including phenoxy) is 1. The van der Waals surface area contributed by atoms with E-state index in [1.54, 1.807) is 24.9 Å². The van der Waals surface area contributed by atoms with Crippen LogP contribution in [0.5, 0.6) is 0 Å². The van der Waals surface area contributed by atoms with E-state index in [4.69, 9.17) is 4.74 Å². The summed E-state index contributed by atoms with van der Waals surface area (Å²) < 4.78 is 6.99. The molecule has 4 aliphatic rings. The molecule has 11 heteroatoms. The smallest absolute Gasteiger partial charge is 0.0943 e. The minimum Gasteiger partial charge on any atom is -0.379 e. The Labute approximate surface area is 517 Å². The van der Waals surface area contributed by atoms with Gasteiger partial charge in [0.1, 0.15) is 0 Å². The van der Waals surface area contributed by atoms with Crippen molar-refractivity contribution in [2.24, 2.45) is 7.05 Å². The van der Waals surface area contributed by atoms with E-state index in [1.807, 2.05) is 143 Å². The first-order chi connectivity index (χ1) is 39.0. The Morgan fingerprint density at radius 1 is 0.415 bits per heavy atom. The van der Waals surface area contributed by atoms with Crippen molar-refractivity contribution in [3.8, 4) is 0 Å². The van der Waals surface area contributed by atoms with Crippen LogP contribution in [0.15, 0.2) is 104 Å². The number of para-hydroxylation sites is 1. The van der Waals surface area contributed by atoms with Crippen molar-refractivity contribution in [1.82, 2.24) is 43.9 Å². The molecule has 8 rings (SSSR count). The number of aromatic nitrogens is 3. The van der Waals surface area contributed by atoms with Gasteiger partial charge in [0.2, 0.25) is 0 Å². The number of likely N-dealkylation sites (N-methyl/N-ethyl adjacent to an activating group) is 3. The number of morpholine rings is 1. The number of aryl methyl sites for hydroxylation is 3. The summed E-state index contributed by atoms with van der Waals surface area (Å²) in [6, 6.07) is 24.5. The number of likely N-dealkylation sites (tertiary alicyclic amines) is 2. The lowest BCUT2D eigenvalue weighted by atomic mass is 10.1. The number of benzene rings is 2. The first-order valence-corrected chi connectivity index (χ1v) is 32.1. The normalized spacial score (nSPS) is 13.7. The molecule has 2 aromatic carbocycles. The van der Waals surface area contributed by atoms with Crippen LogP contribution < -0.4 is 4.90 Å². The molecule has 0 spiro atoms. The van der Waals surface area contributed by atoms with E-state index in [0.29, 0.717) is 0 Å². The van der Waals surface area contributed by atoms with Gasteiger partial charge < -0.3 is 43.6 Å². The quantitative estimate of drug-likeness (QED) is 0.197. The Bertz CT molecular complexity index is 1460. The number of unbranched alkanes of at least 4 members (excludes halogenated alkanes) is 1. The molecule has 0 atom stereocenters. The second-order valence-corrected chi connectivity index (χ2v) is 19.8. The van der Waals surface area contributed by atoms with Crippen LogP contribution in [0.25, 0.3) is 0 Å². The summed E-state index contributed by atoms with van der Waals surface area (Å²) in [5.41, 5.74) is 3.83. The van der Waals surface area contributed by atoms with Crippen molar-refractivity contribution in [1.29, 1.82) is 0 Å². The molecule has 0 amide bonds. The van der Waals surface area contributed by atoms with E-state index in [0.717, 1.165) is 26.3 Å². The highest BCUT2D eigenvalue weighted by Crippen LogP contribution is 2.07. The van der Waals surface area contributed by atoms with Crippen LogP contribution in [0, 0.1) is 13.8 Å². The second-order valence-electron chi connectivity index (χ2n) is 19.8. The molecule has 0 radical (unpaired) electrons. The van der Waals surface area contributed by atoms with E-state index < -0.39 is 0 Å². The fourth-order valence-electron chi connectivity index (χ4n) is 5.95. The molecule has 0 bridgehead atoms. The molecule has 4 aliphatic heterocycles. The van der Waals surface area contributed by atoms with Crippen LogP contribution in [0.1, 0.15) is 187 Å². The zero-order valence-electron chi connectivity index (χ0n) is 59.5. The van der Waals surface area contributed by atoms with E-state index in [-0.39, 0.29) is 7.43 Å². The molecule has 0 N–H and O–H groups in total. The summed E-state index contributed by atoms with van der Waals surface area (Å²) in [5, 5.41) is 0. The zero-order chi connectivity index (χ0) is 63.8. The number of nitrogens with zero attached hydrogens (tertiary/aromatic N) is 10. The molecule has 11 nitrogen and oxygen atoms in total. The number of imidazole rings is 1. The topological polar surface area (TPSA) is 62.6 Å². The highest BCUT2D eigenvalue weighted by Gasteiger charge is 2.08. The minimum absolute atomic E-state index is 0. The van der Waals surface area contributed by atoms with E-state index in [9.17, 15) is 0 Å². The van der Waals surface area contributed by atoms with Gasteiger partial charge in [0, 0.05) is 90.9 Å². The molecule has 4 saturated heterocycles. The molecule has 4 fully saturated rings. The van der Waals surface area contributed by atoms with Gasteiger partial charge >= 0.3 is 0 Å². The van der Waals surface area contributed by atoms with Gasteiger partial charge in [-0.2, -0.15) is 0 Å². The average molecular weight is 1160 g/mol. The standard InChI is InChI=1S/C8H11N.C7H8.C6H14N2.C6H7N.C6H13N.C5H11NO.C5H11N.C5H13N.C4H6N2.C4H10.2C3H8.4C2H6.CH4/c1-9(2)8-6-4-3-5-7-8;1-7-5-3-2-4-6-7;1-7-3-5-8(2)6-4-7;1-6-2-4-7-5-3-6;1-7-5-3-2-4-6-7;1-6-2-4-7-5-3-6;1-6-4-2-3-5-6;1-4-5-6(2)3;1-6-3-2-5-4-6;1-3-4-2;2*1-3-2;4*1-2;/h3-7H,1-2H3;2-6H,1H3;3-6H2,1-2H3;2-5H,1H3;2-6H2,1H3;2-5H2,1H3;2-5H2,1H3;4-5H2,1-3H3;2-4H,1H3;3-4H2,1-2H3;2*3H2,1-2H3;4*1-2H3;1H4. The highest BCUT2D eigenvalue weighted by molar-refractivity contribution is 5.43. The van der Waals surface area contributed by atoms with Crippen molar-refractivity contribution < 1.29 is 4.74 Å². The lowest BCUT2D eigenvalue weighted by molar-refractivity contribution is 0.0503. The fourth-order valence-corrected chi connectivity index (χ4v) is 5.95. The number of piperidine rings is 1. The van der Waals surface area contributed by atoms with E-state index in [1.165, 1.54) is 140 Å². The lowest BCUT2D eigenvalue weighted by Crippen LogP contribution is -2.42. The highest BCUT2D eigenvalue weighted by atomic mass is 16.5. The van der Waals surface area contributed by atoms with Crippen LogP contribution in [0.2, 0.25) is 0 Å². The monoisotopic (exact) mass is 1160 g/mol. The maximum atomic E-state index is 5.10. The third kappa shape index (κ3) is 92.8. The number of anilines is 1. The van der Waals surface area contributed by atoms with Crippen molar-refractivity contribution in [2.75, 3.05) is 154 Å². The molecule has 0 unspecified atom stereocenters. The van der Waals surface area contributed by atoms with E-state index >= 15 is 0 Å². The Morgan fingerprint density at radius 2 is 0.744 bits per heavy atom. The minimum atomic E-state index is 0. The molecule has 6 heterocycles. The Hall–Kier alpha value is -3.68. The van der Waals surface area contributed by atoms with Crippen LogP contribution in [0.3, 0.4) is 0 Å². The third-order valence-electron chi connectivity index (χ3n) is 10.7.